The third kappa shape index (κ3) is 5.22. The molecule has 0 radical (unpaired) electrons. The highest BCUT2D eigenvalue weighted by Gasteiger charge is 2.35. The van der Waals surface area contributed by atoms with Crippen molar-refractivity contribution in [2.45, 2.75) is 18.3 Å². The van der Waals surface area contributed by atoms with E-state index in [0.29, 0.717) is 31.0 Å². The van der Waals surface area contributed by atoms with Crippen LogP contribution in [0.1, 0.15) is 28.8 Å². The molecule has 3 aromatic carbocycles. The second kappa shape index (κ2) is 10.9. The van der Waals surface area contributed by atoms with Crippen LogP contribution in [-0.2, 0) is 10.2 Å². The zero-order valence-electron chi connectivity index (χ0n) is 21.1. The number of methoxy groups -OCH3 is 2. The van der Waals surface area contributed by atoms with Gasteiger partial charge in [0.1, 0.15) is 17.2 Å². The lowest BCUT2D eigenvalue weighted by Gasteiger charge is -2.38. The Morgan fingerprint density at radius 3 is 2.16 bits per heavy atom. The van der Waals surface area contributed by atoms with Crippen LogP contribution in [0.2, 0.25) is 0 Å². The molecule has 190 valence electrons. The highest BCUT2D eigenvalue weighted by Crippen LogP contribution is 2.35. The van der Waals surface area contributed by atoms with Gasteiger partial charge in [0.05, 0.1) is 25.5 Å². The first-order valence-corrected chi connectivity index (χ1v) is 12.4. The number of nitrogens with zero attached hydrogens (tertiary/aromatic N) is 2. The Morgan fingerprint density at radius 2 is 1.54 bits per heavy atom. The van der Waals surface area contributed by atoms with Crippen LogP contribution in [0.4, 0.5) is 0 Å². The number of carbonyl (C=O) groups excluding carboxylic acids is 1. The topological polar surface area (TPSA) is 74.6 Å². The number of ether oxygens (including phenoxy) is 3. The van der Waals surface area contributed by atoms with E-state index in [2.05, 4.69) is 17.4 Å². The van der Waals surface area contributed by atoms with Crippen molar-refractivity contribution in [1.29, 1.82) is 0 Å². The third-order valence-corrected chi connectivity index (χ3v) is 7.08. The Kier molecular flexibility index (Phi) is 7.23. The quantitative estimate of drug-likeness (QED) is 0.369. The fourth-order valence-corrected chi connectivity index (χ4v) is 4.83. The van der Waals surface area contributed by atoms with Crippen molar-refractivity contribution in [3.8, 4) is 28.4 Å². The lowest BCUT2D eigenvalue weighted by molar-refractivity contribution is 0.0487. The van der Waals surface area contributed by atoms with Gasteiger partial charge in [0, 0.05) is 36.9 Å². The smallest absolute Gasteiger partial charge is 0.255 e. The summed E-state index contributed by atoms with van der Waals surface area (Å²) in [5, 5.41) is 8.03. The van der Waals surface area contributed by atoms with Crippen LogP contribution in [0.25, 0.3) is 16.9 Å². The molecule has 1 fully saturated rings. The number of aromatic nitrogens is 2. The van der Waals surface area contributed by atoms with Crippen molar-refractivity contribution in [2.75, 3.05) is 34.0 Å². The normalized spacial score (nSPS) is 14.6. The van der Waals surface area contributed by atoms with E-state index in [1.807, 2.05) is 66.7 Å². The largest absolute Gasteiger partial charge is 0.497 e. The standard InChI is InChI=1S/C30H31N3O4/c1-35-25-12-8-22(9-13-25)28-27(20-33(32-28)24-6-4-3-5-7-24)29(34)31-21-30(16-18-37-19-17-30)23-10-14-26(36-2)15-11-23/h3-15,20H,16-19,21H2,1-2H3,(H,31,34). The average molecular weight is 498 g/mol. The maximum atomic E-state index is 13.7. The van der Waals surface area contributed by atoms with Crippen molar-refractivity contribution in [1.82, 2.24) is 15.1 Å². The van der Waals surface area contributed by atoms with Crippen LogP contribution in [0, 0.1) is 0 Å². The monoisotopic (exact) mass is 497 g/mol. The Morgan fingerprint density at radius 1 is 0.919 bits per heavy atom. The summed E-state index contributed by atoms with van der Waals surface area (Å²) < 4.78 is 18.1. The third-order valence-electron chi connectivity index (χ3n) is 7.08. The van der Waals surface area contributed by atoms with Gasteiger partial charge in [-0.1, -0.05) is 30.3 Å². The van der Waals surface area contributed by atoms with E-state index in [4.69, 9.17) is 19.3 Å². The molecular formula is C30H31N3O4. The second-order valence-corrected chi connectivity index (χ2v) is 9.20. The molecular weight excluding hydrogens is 466 g/mol. The van der Waals surface area contributed by atoms with Gasteiger partial charge >= 0.3 is 0 Å². The summed E-state index contributed by atoms with van der Waals surface area (Å²) in [4.78, 5) is 13.7. The van der Waals surface area contributed by atoms with Crippen LogP contribution >= 0.6 is 0 Å². The van der Waals surface area contributed by atoms with Crippen molar-refractivity contribution in [2.24, 2.45) is 0 Å². The fourth-order valence-electron chi connectivity index (χ4n) is 4.83. The van der Waals surface area contributed by atoms with Crippen LogP contribution in [0.5, 0.6) is 11.5 Å². The van der Waals surface area contributed by atoms with Crippen molar-refractivity contribution < 1.29 is 19.0 Å². The molecule has 1 amide bonds. The van der Waals surface area contributed by atoms with Crippen LogP contribution in [0.3, 0.4) is 0 Å². The summed E-state index contributed by atoms with van der Waals surface area (Å²) >= 11 is 0. The summed E-state index contributed by atoms with van der Waals surface area (Å²) in [6.07, 6.45) is 3.46. The van der Waals surface area contributed by atoms with Gasteiger partial charge in [-0.2, -0.15) is 5.10 Å². The number of hydrogen-bond acceptors (Lipinski definition) is 5. The summed E-state index contributed by atoms with van der Waals surface area (Å²) in [6, 6.07) is 25.5. The minimum atomic E-state index is -0.212. The number of hydrogen-bond donors (Lipinski definition) is 1. The van der Waals surface area contributed by atoms with E-state index in [1.54, 1.807) is 25.1 Å². The first kappa shape index (κ1) is 24.6. The number of carbonyl (C=O) groups is 1. The second-order valence-electron chi connectivity index (χ2n) is 9.20. The number of para-hydroxylation sites is 1. The van der Waals surface area contributed by atoms with Crippen molar-refractivity contribution in [3.63, 3.8) is 0 Å². The molecule has 5 rings (SSSR count). The SMILES string of the molecule is COc1ccc(-c2nn(-c3ccccc3)cc2C(=O)NCC2(c3ccc(OC)cc3)CCOCC2)cc1. The Labute approximate surface area is 217 Å². The molecule has 2 heterocycles. The van der Waals surface area contributed by atoms with Crippen LogP contribution < -0.4 is 14.8 Å². The van der Waals surface area contributed by atoms with Gasteiger partial charge in [-0.15, -0.1) is 0 Å². The van der Waals surface area contributed by atoms with Gasteiger partial charge in [-0.05, 0) is 66.9 Å². The van der Waals surface area contributed by atoms with Gasteiger partial charge in [-0.25, -0.2) is 4.68 Å². The minimum Gasteiger partial charge on any atom is -0.497 e. The van der Waals surface area contributed by atoms with E-state index in [9.17, 15) is 4.79 Å². The maximum absolute atomic E-state index is 13.7. The first-order valence-electron chi connectivity index (χ1n) is 12.4. The first-order chi connectivity index (χ1) is 18.1. The molecule has 7 nitrogen and oxygen atoms in total. The van der Waals surface area contributed by atoms with E-state index in [1.165, 1.54) is 5.56 Å². The predicted molar refractivity (Wildman–Crippen MR) is 143 cm³/mol. The maximum Gasteiger partial charge on any atom is 0.255 e. The van der Waals surface area contributed by atoms with E-state index in [-0.39, 0.29) is 11.3 Å². The number of benzene rings is 3. The molecule has 1 aromatic heterocycles. The fraction of sp³-hybridized carbons (Fsp3) is 0.267. The van der Waals surface area contributed by atoms with E-state index >= 15 is 0 Å². The molecule has 0 atom stereocenters. The molecule has 4 aromatic rings. The molecule has 0 bridgehead atoms. The van der Waals surface area contributed by atoms with Crippen LogP contribution in [-0.4, -0.2) is 49.7 Å². The molecule has 37 heavy (non-hydrogen) atoms. The molecule has 1 aliphatic heterocycles. The average Bonchev–Trinajstić information content (AvgIpc) is 3.43. The molecule has 0 aliphatic carbocycles. The lowest BCUT2D eigenvalue weighted by atomic mass is 9.74. The summed E-state index contributed by atoms with van der Waals surface area (Å²) in [5.41, 5.74) is 3.83. The van der Waals surface area contributed by atoms with E-state index in [0.717, 1.165) is 35.6 Å². The van der Waals surface area contributed by atoms with Crippen molar-refractivity contribution >= 4 is 5.91 Å². The van der Waals surface area contributed by atoms with Gasteiger partial charge in [-0.3, -0.25) is 4.79 Å². The highest BCUT2D eigenvalue weighted by atomic mass is 16.5. The summed E-state index contributed by atoms with van der Waals surface area (Å²) in [7, 11) is 3.29. The zero-order chi connectivity index (χ0) is 25.7. The molecule has 0 spiro atoms. The lowest BCUT2D eigenvalue weighted by Crippen LogP contribution is -2.44. The van der Waals surface area contributed by atoms with Crippen molar-refractivity contribution in [3.05, 3.63) is 96.2 Å². The molecule has 1 aliphatic rings. The van der Waals surface area contributed by atoms with Gasteiger partial charge in [0.15, 0.2) is 0 Å². The Hall–Kier alpha value is -4.10. The summed E-state index contributed by atoms with van der Waals surface area (Å²) in [5.74, 6) is 1.40. The number of amides is 1. The Bertz CT molecular complexity index is 1330. The number of rotatable bonds is 8. The predicted octanol–water partition coefficient (Wildman–Crippen LogP) is 5.03. The zero-order valence-corrected chi connectivity index (χ0v) is 21.1. The highest BCUT2D eigenvalue weighted by molar-refractivity contribution is 6.00. The molecule has 0 saturated carbocycles. The summed E-state index contributed by atoms with van der Waals surface area (Å²) in [6.45, 7) is 1.82. The van der Waals surface area contributed by atoms with E-state index < -0.39 is 0 Å². The van der Waals surface area contributed by atoms with Crippen LogP contribution in [0.15, 0.2) is 85.1 Å². The molecule has 7 heteroatoms. The minimum absolute atomic E-state index is 0.160. The molecule has 1 N–H and O–H groups in total. The molecule has 0 unspecified atom stereocenters. The van der Waals surface area contributed by atoms with Gasteiger partial charge in [0.2, 0.25) is 0 Å². The van der Waals surface area contributed by atoms with Gasteiger partial charge in [0.25, 0.3) is 5.91 Å². The number of nitrogens with one attached hydrogen (secondary N) is 1. The molecule has 1 saturated heterocycles. The Balaban J connectivity index is 1.45. The van der Waals surface area contributed by atoms with Gasteiger partial charge < -0.3 is 19.5 Å².